The molecule has 3 aromatic rings. The number of carbonyl (C=O) groups excluding carboxylic acids is 3. The molecule has 33 heavy (non-hydrogen) atoms. The van der Waals surface area contributed by atoms with Gasteiger partial charge in [-0.15, -0.1) is 0 Å². The summed E-state index contributed by atoms with van der Waals surface area (Å²) in [5.41, 5.74) is 0.964. The second-order valence-electron chi connectivity index (χ2n) is 7.86. The maximum Gasteiger partial charge on any atom is 0.255 e. The summed E-state index contributed by atoms with van der Waals surface area (Å²) < 4.78 is 0. The maximum atomic E-state index is 12.7. The summed E-state index contributed by atoms with van der Waals surface area (Å²) in [5, 5.41) is 5.67. The fourth-order valence-electron chi connectivity index (χ4n) is 3.87. The van der Waals surface area contributed by atoms with Crippen molar-refractivity contribution in [3.63, 3.8) is 0 Å². The Hall–Kier alpha value is -3.09. The lowest BCUT2D eigenvalue weighted by Gasteiger charge is -2.35. The molecule has 3 amide bonds. The van der Waals surface area contributed by atoms with Crippen molar-refractivity contribution in [2.45, 2.75) is 6.42 Å². The molecule has 1 saturated heterocycles. The van der Waals surface area contributed by atoms with Crippen molar-refractivity contribution in [2.75, 3.05) is 32.7 Å². The van der Waals surface area contributed by atoms with Gasteiger partial charge in [-0.1, -0.05) is 53.5 Å². The summed E-state index contributed by atoms with van der Waals surface area (Å²) in [5.74, 6) is -0.430. The minimum Gasteiger partial charge on any atom is -0.352 e. The molecule has 170 valence electrons. The molecule has 6 nitrogen and oxygen atoms in total. The zero-order valence-corrected chi connectivity index (χ0v) is 19.4. The molecule has 0 atom stereocenters. The fourth-order valence-corrected chi connectivity index (χ4v) is 4.36. The molecule has 1 aliphatic heterocycles. The zero-order chi connectivity index (χ0) is 23.4. The van der Waals surface area contributed by atoms with Gasteiger partial charge in [0, 0.05) is 49.7 Å². The monoisotopic (exact) mass is 483 g/mol. The minimum atomic E-state index is -0.205. The molecule has 1 aliphatic rings. The normalized spacial score (nSPS) is 13.8. The van der Waals surface area contributed by atoms with Crippen LogP contribution in [0.4, 0.5) is 0 Å². The molecule has 0 unspecified atom stereocenters. The molecule has 0 radical (unpaired) electrons. The van der Waals surface area contributed by atoms with E-state index in [4.69, 9.17) is 23.2 Å². The van der Waals surface area contributed by atoms with Crippen molar-refractivity contribution in [3.8, 4) is 0 Å². The summed E-state index contributed by atoms with van der Waals surface area (Å²) in [7, 11) is 0. The Morgan fingerprint density at radius 1 is 0.818 bits per heavy atom. The number of hydrogen-bond acceptors (Lipinski definition) is 3. The largest absolute Gasteiger partial charge is 0.352 e. The van der Waals surface area contributed by atoms with E-state index in [1.807, 2.05) is 36.4 Å². The Labute approximate surface area is 202 Å². The first-order valence-electron chi connectivity index (χ1n) is 10.7. The molecule has 0 aliphatic carbocycles. The quantitative estimate of drug-likeness (QED) is 0.589. The molecule has 4 rings (SSSR count). The Morgan fingerprint density at radius 2 is 1.52 bits per heavy atom. The van der Waals surface area contributed by atoms with E-state index in [1.54, 1.807) is 34.1 Å². The van der Waals surface area contributed by atoms with E-state index in [0.29, 0.717) is 47.4 Å². The van der Waals surface area contributed by atoms with Gasteiger partial charge < -0.3 is 15.1 Å². The van der Waals surface area contributed by atoms with Crippen LogP contribution in [0.25, 0.3) is 10.8 Å². The van der Waals surface area contributed by atoms with Crippen molar-refractivity contribution in [3.05, 3.63) is 81.8 Å². The molecule has 0 spiro atoms. The summed E-state index contributed by atoms with van der Waals surface area (Å²) in [6.07, 6.45) is 0.205. The number of rotatable bonds is 5. The van der Waals surface area contributed by atoms with Gasteiger partial charge in [0.15, 0.2) is 0 Å². The van der Waals surface area contributed by atoms with Crippen LogP contribution in [-0.2, 0) is 4.79 Å². The van der Waals surface area contributed by atoms with E-state index >= 15 is 0 Å². The Kier molecular flexibility index (Phi) is 7.16. The number of piperazine rings is 1. The van der Waals surface area contributed by atoms with Gasteiger partial charge >= 0.3 is 0 Å². The lowest BCUT2D eigenvalue weighted by atomic mass is 10.1. The first-order valence-corrected chi connectivity index (χ1v) is 11.5. The van der Waals surface area contributed by atoms with E-state index < -0.39 is 0 Å². The molecule has 8 heteroatoms. The highest BCUT2D eigenvalue weighted by Crippen LogP contribution is 2.23. The number of hydrogen-bond donors (Lipinski definition) is 1. The van der Waals surface area contributed by atoms with Gasteiger partial charge in [0.1, 0.15) is 0 Å². The van der Waals surface area contributed by atoms with Crippen LogP contribution in [-0.4, -0.2) is 60.2 Å². The van der Waals surface area contributed by atoms with Crippen molar-refractivity contribution in [2.24, 2.45) is 0 Å². The fraction of sp³-hybridized carbons (Fsp3) is 0.240. The average Bonchev–Trinajstić information content (AvgIpc) is 2.83. The van der Waals surface area contributed by atoms with E-state index in [0.717, 1.165) is 10.8 Å². The van der Waals surface area contributed by atoms with Crippen LogP contribution in [0.5, 0.6) is 0 Å². The molecule has 0 saturated carbocycles. The van der Waals surface area contributed by atoms with Gasteiger partial charge in [-0.2, -0.15) is 0 Å². The number of carbonyl (C=O) groups is 3. The van der Waals surface area contributed by atoms with E-state index in [9.17, 15) is 14.4 Å². The second kappa shape index (κ2) is 10.2. The number of fused-ring (bicyclic) bond motifs is 1. The van der Waals surface area contributed by atoms with Crippen LogP contribution in [0.2, 0.25) is 10.0 Å². The molecule has 0 bridgehead atoms. The molecular formula is C25H23Cl2N3O3. The third-order valence-corrected chi connectivity index (χ3v) is 6.27. The summed E-state index contributed by atoms with van der Waals surface area (Å²) in [6.45, 7) is 1.98. The molecule has 0 aromatic heterocycles. The zero-order valence-electron chi connectivity index (χ0n) is 17.9. The standard InChI is InChI=1S/C25H23Cl2N3O3/c26-20-7-8-21(22(27)16-20)25(33)30-13-11-29(12-14-30)23(31)9-10-28-24(32)19-6-5-17-3-1-2-4-18(17)15-19/h1-8,15-16H,9-14H2,(H,28,32). The van der Waals surface area contributed by atoms with Gasteiger partial charge in [-0.25, -0.2) is 0 Å². The minimum absolute atomic E-state index is 0.0505. The van der Waals surface area contributed by atoms with E-state index in [2.05, 4.69) is 5.32 Å². The SMILES string of the molecule is O=C(NCCC(=O)N1CCN(C(=O)c2ccc(Cl)cc2Cl)CC1)c1ccc2ccccc2c1. The van der Waals surface area contributed by atoms with Gasteiger partial charge in [-0.3, -0.25) is 14.4 Å². The molecular weight excluding hydrogens is 461 g/mol. The van der Waals surface area contributed by atoms with Crippen molar-refractivity contribution in [1.29, 1.82) is 0 Å². The van der Waals surface area contributed by atoms with Crippen LogP contribution in [0.15, 0.2) is 60.7 Å². The highest BCUT2D eigenvalue weighted by atomic mass is 35.5. The van der Waals surface area contributed by atoms with Gasteiger partial charge in [-0.05, 0) is 41.1 Å². The highest BCUT2D eigenvalue weighted by molar-refractivity contribution is 6.36. The molecule has 1 N–H and O–H groups in total. The second-order valence-corrected chi connectivity index (χ2v) is 8.71. The average molecular weight is 484 g/mol. The van der Waals surface area contributed by atoms with Crippen LogP contribution in [0, 0.1) is 0 Å². The number of nitrogens with zero attached hydrogens (tertiary/aromatic N) is 2. The van der Waals surface area contributed by atoms with Crippen LogP contribution >= 0.6 is 23.2 Å². The van der Waals surface area contributed by atoms with Crippen molar-refractivity contribution < 1.29 is 14.4 Å². The van der Waals surface area contributed by atoms with Gasteiger partial charge in [0.2, 0.25) is 5.91 Å². The maximum absolute atomic E-state index is 12.7. The number of halogens is 2. The predicted molar refractivity (Wildman–Crippen MR) is 130 cm³/mol. The predicted octanol–water partition coefficient (Wildman–Crippen LogP) is 4.25. The third-order valence-electron chi connectivity index (χ3n) is 5.72. The van der Waals surface area contributed by atoms with E-state index in [-0.39, 0.29) is 30.7 Å². The number of benzene rings is 3. The molecule has 3 aromatic carbocycles. The van der Waals surface area contributed by atoms with Crippen LogP contribution in [0.1, 0.15) is 27.1 Å². The first kappa shape index (κ1) is 23.1. The van der Waals surface area contributed by atoms with Gasteiger partial charge in [0.25, 0.3) is 11.8 Å². The molecule has 1 fully saturated rings. The van der Waals surface area contributed by atoms with Crippen LogP contribution < -0.4 is 5.32 Å². The Balaban J connectivity index is 1.24. The lowest BCUT2D eigenvalue weighted by molar-refractivity contribution is -0.132. The summed E-state index contributed by atoms with van der Waals surface area (Å²) >= 11 is 12.0. The number of nitrogens with one attached hydrogen (secondary N) is 1. The Bertz CT molecular complexity index is 1210. The van der Waals surface area contributed by atoms with E-state index in [1.165, 1.54) is 0 Å². The number of amides is 3. The lowest BCUT2D eigenvalue weighted by Crippen LogP contribution is -2.51. The third kappa shape index (κ3) is 5.46. The molecule has 1 heterocycles. The Morgan fingerprint density at radius 3 is 2.24 bits per heavy atom. The topological polar surface area (TPSA) is 69.7 Å². The summed E-state index contributed by atoms with van der Waals surface area (Å²) in [6, 6.07) is 18.2. The van der Waals surface area contributed by atoms with Crippen molar-refractivity contribution in [1.82, 2.24) is 15.1 Å². The highest BCUT2D eigenvalue weighted by Gasteiger charge is 2.25. The van der Waals surface area contributed by atoms with Crippen LogP contribution in [0.3, 0.4) is 0 Å². The smallest absolute Gasteiger partial charge is 0.255 e. The first-order chi connectivity index (χ1) is 15.9. The summed E-state index contributed by atoms with van der Waals surface area (Å²) in [4.78, 5) is 41.1. The van der Waals surface area contributed by atoms with Gasteiger partial charge in [0.05, 0.1) is 10.6 Å². The van der Waals surface area contributed by atoms with Crippen molar-refractivity contribution >= 4 is 51.7 Å².